The molecule has 0 N–H and O–H groups in total. The van der Waals surface area contributed by atoms with Crippen molar-refractivity contribution in [3.8, 4) is 11.6 Å². The lowest BCUT2D eigenvalue weighted by Gasteiger charge is -2.11. The number of hydrogen-bond acceptors (Lipinski definition) is 6. The van der Waals surface area contributed by atoms with Crippen molar-refractivity contribution in [3.05, 3.63) is 41.4 Å². The number of carbonyl (C=O) groups excluding carboxylic acids is 1. The van der Waals surface area contributed by atoms with Crippen LogP contribution in [0.2, 0.25) is 0 Å². The van der Waals surface area contributed by atoms with Gasteiger partial charge in [0.2, 0.25) is 0 Å². The molecule has 0 aliphatic rings. The summed E-state index contributed by atoms with van der Waals surface area (Å²) in [5.74, 6) is 2.18. The number of rotatable bonds is 10. The van der Waals surface area contributed by atoms with E-state index in [0.29, 0.717) is 29.9 Å². The lowest BCUT2D eigenvalue weighted by molar-refractivity contribution is 0.102. The van der Waals surface area contributed by atoms with Gasteiger partial charge < -0.3 is 13.7 Å². The molecule has 3 heterocycles. The van der Waals surface area contributed by atoms with E-state index in [1.807, 2.05) is 36.6 Å². The van der Waals surface area contributed by atoms with Gasteiger partial charge in [0, 0.05) is 37.2 Å². The number of ketones is 1. The first-order valence-corrected chi connectivity index (χ1v) is 10.7. The maximum absolute atomic E-state index is 12.9. The summed E-state index contributed by atoms with van der Waals surface area (Å²) in [7, 11) is 1.68. The van der Waals surface area contributed by atoms with Crippen LogP contribution >= 0.6 is 11.8 Å². The summed E-state index contributed by atoms with van der Waals surface area (Å²) < 4.78 is 14.8. The molecule has 3 aromatic heterocycles. The highest BCUT2D eigenvalue weighted by Crippen LogP contribution is 2.27. The van der Waals surface area contributed by atoms with E-state index >= 15 is 0 Å². The van der Waals surface area contributed by atoms with Gasteiger partial charge in [0.15, 0.2) is 22.5 Å². The molecule has 7 nitrogen and oxygen atoms in total. The second-order valence-corrected chi connectivity index (χ2v) is 8.37. The normalized spacial score (nSPS) is 11.5. The van der Waals surface area contributed by atoms with Gasteiger partial charge in [-0.15, -0.1) is 10.2 Å². The fraction of sp³-hybridized carbons (Fsp3) is 0.476. The number of aromatic nitrogens is 4. The molecule has 0 aromatic carbocycles. The highest BCUT2D eigenvalue weighted by Gasteiger charge is 2.20. The van der Waals surface area contributed by atoms with Crippen molar-refractivity contribution in [3.63, 3.8) is 0 Å². The second kappa shape index (κ2) is 9.45. The van der Waals surface area contributed by atoms with Crippen LogP contribution in [-0.4, -0.2) is 44.6 Å². The molecule has 0 bridgehead atoms. The molecule has 156 valence electrons. The summed E-state index contributed by atoms with van der Waals surface area (Å²) in [5.41, 5.74) is 2.80. The summed E-state index contributed by atoms with van der Waals surface area (Å²) in [6.45, 7) is 10.4. The Morgan fingerprint density at radius 2 is 2.07 bits per heavy atom. The second-order valence-electron chi connectivity index (χ2n) is 7.43. The van der Waals surface area contributed by atoms with Crippen molar-refractivity contribution in [1.82, 2.24) is 19.3 Å². The topological polar surface area (TPSA) is 75.1 Å². The molecule has 0 aliphatic carbocycles. The Morgan fingerprint density at radius 1 is 1.28 bits per heavy atom. The molecule has 0 saturated carbocycles. The Balaban J connectivity index is 1.77. The van der Waals surface area contributed by atoms with E-state index in [-0.39, 0.29) is 5.78 Å². The number of aryl methyl sites for hydroxylation is 1. The van der Waals surface area contributed by atoms with E-state index in [9.17, 15) is 4.79 Å². The van der Waals surface area contributed by atoms with E-state index in [4.69, 9.17) is 9.15 Å². The van der Waals surface area contributed by atoms with Gasteiger partial charge in [0.1, 0.15) is 0 Å². The maximum atomic E-state index is 12.9. The summed E-state index contributed by atoms with van der Waals surface area (Å²) in [6, 6.07) is 5.66. The molecular formula is C21H28N4O3S. The van der Waals surface area contributed by atoms with E-state index < -0.39 is 0 Å². The molecule has 8 heteroatoms. The minimum Gasteiger partial charge on any atom is -0.461 e. The molecule has 0 saturated heterocycles. The molecule has 0 amide bonds. The van der Waals surface area contributed by atoms with Crippen molar-refractivity contribution < 1.29 is 13.9 Å². The third-order valence-electron chi connectivity index (χ3n) is 4.73. The Labute approximate surface area is 175 Å². The predicted molar refractivity (Wildman–Crippen MR) is 113 cm³/mol. The van der Waals surface area contributed by atoms with Crippen LogP contribution in [0.25, 0.3) is 11.6 Å². The third-order valence-corrected chi connectivity index (χ3v) is 5.70. The van der Waals surface area contributed by atoms with Gasteiger partial charge >= 0.3 is 0 Å². The van der Waals surface area contributed by atoms with Crippen LogP contribution < -0.4 is 0 Å². The first-order chi connectivity index (χ1) is 13.9. The number of carbonyl (C=O) groups is 1. The number of nitrogens with zero attached hydrogens (tertiary/aromatic N) is 4. The average molecular weight is 417 g/mol. The molecule has 0 spiro atoms. The van der Waals surface area contributed by atoms with E-state index in [1.54, 1.807) is 13.4 Å². The van der Waals surface area contributed by atoms with Crippen LogP contribution in [0.1, 0.15) is 35.6 Å². The first-order valence-electron chi connectivity index (χ1n) is 9.71. The van der Waals surface area contributed by atoms with Crippen molar-refractivity contribution in [2.45, 2.75) is 45.9 Å². The minimum absolute atomic E-state index is 0.0883. The first kappa shape index (κ1) is 21.4. The lowest BCUT2D eigenvalue weighted by Crippen LogP contribution is -2.11. The van der Waals surface area contributed by atoms with Crippen LogP contribution in [0.15, 0.2) is 34.0 Å². The van der Waals surface area contributed by atoms with E-state index in [1.165, 1.54) is 11.8 Å². The molecule has 29 heavy (non-hydrogen) atoms. The number of ether oxygens (including phenoxy) is 1. The van der Waals surface area contributed by atoms with Gasteiger partial charge in [0.25, 0.3) is 0 Å². The SMILES string of the molecule is COCCn1c(C)cc(C(=O)CSc2nnc(-c3ccco3)n2CC(C)C)c1C. The quantitative estimate of drug-likeness (QED) is 0.364. The fourth-order valence-electron chi connectivity index (χ4n) is 3.33. The van der Waals surface area contributed by atoms with Gasteiger partial charge in [-0.1, -0.05) is 25.6 Å². The molecule has 3 rings (SSSR count). The highest BCUT2D eigenvalue weighted by molar-refractivity contribution is 7.99. The van der Waals surface area contributed by atoms with Crippen LogP contribution in [0.3, 0.4) is 0 Å². The lowest BCUT2D eigenvalue weighted by atomic mass is 10.2. The zero-order valence-corrected chi connectivity index (χ0v) is 18.5. The fourth-order valence-corrected chi connectivity index (χ4v) is 4.16. The smallest absolute Gasteiger partial charge is 0.200 e. The molecule has 0 unspecified atom stereocenters. The molecule has 0 aliphatic heterocycles. The summed E-state index contributed by atoms with van der Waals surface area (Å²) >= 11 is 1.42. The molecule has 0 radical (unpaired) electrons. The molecule has 0 fully saturated rings. The Morgan fingerprint density at radius 3 is 2.72 bits per heavy atom. The van der Waals surface area contributed by atoms with Gasteiger partial charge in [-0.05, 0) is 38.0 Å². The van der Waals surface area contributed by atoms with E-state index in [2.05, 4.69) is 28.6 Å². The predicted octanol–water partition coefficient (Wildman–Crippen LogP) is 4.23. The van der Waals surface area contributed by atoms with Crippen LogP contribution in [0, 0.1) is 19.8 Å². The van der Waals surface area contributed by atoms with E-state index in [0.717, 1.165) is 35.2 Å². The minimum atomic E-state index is 0.0883. The number of thioether (sulfide) groups is 1. The number of furan rings is 1. The van der Waals surface area contributed by atoms with Crippen molar-refractivity contribution in [2.75, 3.05) is 19.5 Å². The maximum Gasteiger partial charge on any atom is 0.200 e. The molecular weight excluding hydrogens is 388 g/mol. The zero-order chi connectivity index (χ0) is 21.0. The van der Waals surface area contributed by atoms with Crippen LogP contribution in [0.5, 0.6) is 0 Å². The zero-order valence-electron chi connectivity index (χ0n) is 17.6. The Bertz CT molecular complexity index is 957. The van der Waals surface area contributed by atoms with Gasteiger partial charge in [-0.2, -0.15) is 0 Å². The Hall–Kier alpha value is -2.32. The van der Waals surface area contributed by atoms with Crippen molar-refractivity contribution in [2.24, 2.45) is 5.92 Å². The largest absolute Gasteiger partial charge is 0.461 e. The number of methoxy groups -OCH3 is 1. The van der Waals surface area contributed by atoms with Crippen molar-refractivity contribution in [1.29, 1.82) is 0 Å². The molecule has 3 aromatic rings. The van der Waals surface area contributed by atoms with Crippen LogP contribution in [0.4, 0.5) is 0 Å². The summed E-state index contributed by atoms with van der Waals surface area (Å²) in [6.07, 6.45) is 1.62. The van der Waals surface area contributed by atoms with Gasteiger partial charge in [-0.3, -0.25) is 9.36 Å². The molecule has 0 atom stereocenters. The van der Waals surface area contributed by atoms with Crippen LogP contribution in [-0.2, 0) is 17.8 Å². The third kappa shape index (κ3) is 4.82. The number of hydrogen-bond donors (Lipinski definition) is 0. The highest BCUT2D eigenvalue weighted by atomic mass is 32.2. The Kier molecular flexibility index (Phi) is 6.97. The summed E-state index contributed by atoms with van der Waals surface area (Å²) in [4.78, 5) is 12.9. The monoisotopic (exact) mass is 416 g/mol. The average Bonchev–Trinajstić information content (AvgIpc) is 3.39. The van der Waals surface area contributed by atoms with Gasteiger partial charge in [0.05, 0.1) is 18.6 Å². The summed E-state index contributed by atoms with van der Waals surface area (Å²) in [5, 5.41) is 9.35. The van der Waals surface area contributed by atoms with Gasteiger partial charge in [-0.25, -0.2) is 0 Å². The van der Waals surface area contributed by atoms with Crippen molar-refractivity contribution >= 4 is 17.5 Å². The number of Topliss-reactive ketones (excluding diaryl/α,β-unsaturated/α-hetero) is 1. The standard InChI is InChI=1S/C21H28N4O3S/c1-14(2)12-25-20(19-7-6-9-28-19)22-23-21(25)29-13-18(26)17-11-15(3)24(16(17)4)8-10-27-5/h6-7,9,11,14H,8,10,12-13H2,1-5H3.